The Morgan fingerprint density at radius 3 is 2.68 bits per heavy atom. The van der Waals surface area contributed by atoms with Crippen LogP contribution in [0.15, 0.2) is 61.1 Å². The summed E-state index contributed by atoms with van der Waals surface area (Å²) in [5.74, 6) is -0.758. The Morgan fingerprint density at radius 1 is 1.08 bits per heavy atom. The Hall–Kier alpha value is -4.32. The van der Waals surface area contributed by atoms with E-state index in [4.69, 9.17) is 4.74 Å². The zero-order valence-corrected chi connectivity index (χ0v) is 19.7. The van der Waals surface area contributed by atoms with E-state index in [1.165, 1.54) is 6.07 Å². The highest BCUT2D eigenvalue weighted by Crippen LogP contribution is 2.28. The number of ether oxygens (including phenoxy) is 1. The van der Waals surface area contributed by atoms with Crippen LogP contribution in [0.4, 0.5) is 24.5 Å². The summed E-state index contributed by atoms with van der Waals surface area (Å²) in [7, 11) is 0. The molecule has 190 valence electrons. The molecule has 5 rings (SSSR count). The predicted octanol–water partition coefficient (Wildman–Crippen LogP) is 4.14. The molecule has 1 aliphatic rings. The summed E-state index contributed by atoms with van der Waals surface area (Å²) < 4.78 is 45.9. The minimum atomic E-state index is -4.64. The molecular formula is C25H22F3N7O2. The number of aromatic nitrogens is 5. The summed E-state index contributed by atoms with van der Waals surface area (Å²) >= 11 is 0. The monoisotopic (exact) mass is 509 g/mol. The molecule has 0 radical (unpaired) electrons. The number of nitrogens with one attached hydrogen (secondary N) is 1. The van der Waals surface area contributed by atoms with Gasteiger partial charge in [0.15, 0.2) is 0 Å². The Kier molecular flexibility index (Phi) is 6.57. The fourth-order valence-electron chi connectivity index (χ4n) is 3.92. The molecule has 0 spiro atoms. The molecular weight excluding hydrogens is 487 g/mol. The molecule has 1 N–H and O–H groups in total. The van der Waals surface area contributed by atoms with Crippen molar-refractivity contribution in [3.05, 3.63) is 78.0 Å². The highest BCUT2D eigenvalue weighted by Gasteiger charge is 2.33. The van der Waals surface area contributed by atoms with E-state index in [-0.39, 0.29) is 5.69 Å². The zero-order chi connectivity index (χ0) is 26.0. The summed E-state index contributed by atoms with van der Waals surface area (Å²) in [6.07, 6.45) is 0.621. The van der Waals surface area contributed by atoms with Crippen molar-refractivity contribution < 1.29 is 22.7 Å². The number of nitrogens with zero attached hydrogens (tertiary/aromatic N) is 6. The number of anilines is 2. The van der Waals surface area contributed by atoms with Crippen LogP contribution >= 0.6 is 0 Å². The van der Waals surface area contributed by atoms with Gasteiger partial charge in [-0.3, -0.25) is 9.78 Å². The molecule has 0 atom stereocenters. The number of benzene rings is 1. The van der Waals surface area contributed by atoms with Crippen molar-refractivity contribution in [1.82, 2.24) is 25.0 Å². The van der Waals surface area contributed by atoms with Crippen molar-refractivity contribution in [1.29, 1.82) is 0 Å². The highest BCUT2D eigenvalue weighted by atomic mass is 19.4. The second kappa shape index (κ2) is 9.97. The number of hydrogen-bond acceptors (Lipinski definition) is 7. The van der Waals surface area contributed by atoms with E-state index in [0.717, 1.165) is 42.0 Å². The number of pyridine rings is 2. The summed E-state index contributed by atoms with van der Waals surface area (Å²) in [5.41, 5.74) is 2.78. The largest absolute Gasteiger partial charge is 0.433 e. The maximum absolute atomic E-state index is 13.0. The molecule has 3 aromatic heterocycles. The molecule has 1 aliphatic heterocycles. The van der Waals surface area contributed by atoms with Crippen LogP contribution in [0, 0.1) is 6.92 Å². The number of carbonyl (C=O) groups is 1. The number of hydrogen-bond donors (Lipinski definition) is 1. The third-order valence-corrected chi connectivity index (χ3v) is 5.88. The Bertz CT molecular complexity index is 1430. The molecule has 1 saturated heterocycles. The molecule has 12 heteroatoms. The van der Waals surface area contributed by atoms with Crippen LogP contribution in [0.3, 0.4) is 0 Å². The van der Waals surface area contributed by atoms with Gasteiger partial charge in [0.25, 0.3) is 5.91 Å². The van der Waals surface area contributed by atoms with Crippen molar-refractivity contribution in [2.45, 2.75) is 13.1 Å². The second-order valence-corrected chi connectivity index (χ2v) is 8.44. The van der Waals surface area contributed by atoms with E-state index in [0.29, 0.717) is 30.3 Å². The second-order valence-electron chi connectivity index (χ2n) is 8.44. The van der Waals surface area contributed by atoms with Crippen molar-refractivity contribution in [3.63, 3.8) is 0 Å². The molecule has 37 heavy (non-hydrogen) atoms. The minimum absolute atomic E-state index is 0.340. The first-order valence-electron chi connectivity index (χ1n) is 11.4. The van der Waals surface area contributed by atoms with Crippen LogP contribution in [0.25, 0.3) is 16.9 Å². The van der Waals surface area contributed by atoms with Crippen LogP contribution in [-0.2, 0) is 10.9 Å². The van der Waals surface area contributed by atoms with Gasteiger partial charge in [-0.2, -0.15) is 13.2 Å². The minimum Gasteiger partial charge on any atom is -0.378 e. The summed E-state index contributed by atoms with van der Waals surface area (Å²) in [6, 6.07) is 10.3. The van der Waals surface area contributed by atoms with Gasteiger partial charge in [-0.15, -0.1) is 5.10 Å². The molecule has 0 saturated carbocycles. The SMILES string of the molecule is Cc1ccc(NC(=O)c2cccc(C(F)(F)F)n2)cc1-n1cc(-c2cncc(N3CCOCC3)c2)nn1. The average Bonchev–Trinajstić information content (AvgIpc) is 3.40. The fourth-order valence-corrected chi connectivity index (χ4v) is 3.92. The molecule has 1 amide bonds. The third-order valence-electron chi connectivity index (χ3n) is 5.88. The van der Waals surface area contributed by atoms with Crippen LogP contribution in [0.1, 0.15) is 21.7 Å². The van der Waals surface area contributed by atoms with E-state index in [1.54, 1.807) is 41.5 Å². The van der Waals surface area contributed by atoms with E-state index >= 15 is 0 Å². The number of rotatable bonds is 5. The smallest absolute Gasteiger partial charge is 0.378 e. The standard InChI is InChI=1S/C25H22F3N7O2/c1-16-5-6-18(30-24(36)20-3-2-4-23(31-20)25(26,27)28)12-22(16)35-15-21(32-33-35)17-11-19(14-29-13-17)34-7-9-37-10-8-34/h2-6,11-15H,7-10H2,1H3,(H,30,36). The first-order valence-corrected chi connectivity index (χ1v) is 11.4. The van der Waals surface area contributed by atoms with Crippen molar-refractivity contribution in [2.75, 3.05) is 36.5 Å². The molecule has 0 bridgehead atoms. The Labute approximate surface area is 209 Å². The Morgan fingerprint density at radius 2 is 1.89 bits per heavy atom. The van der Waals surface area contributed by atoms with Crippen molar-refractivity contribution >= 4 is 17.3 Å². The van der Waals surface area contributed by atoms with Crippen LogP contribution in [0.5, 0.6) is 0 Å². The molecule has 1 aromatic carbocycles. The molecule has 9 nitrogen and oxygen atoms in total. The van der Waals surface area contributed by atoms with E-state index in [1.807, 2.05) is 13.0 Å². The maximum atomic E-state index is 13.0. The van der Waals surface area contributed by atoms with Gasteiger partial charge < -0.3 is 15.0 Å². The number of halogens is 3. The zero-order valence-electron chi connectivity index (χ0n) is 19.7. The van der Waals surface area contributed by atoms with Gasteiger partial charge in [0, 0.05) is 30.5 Å². The molecule has 0 unspecified atom stereocenters. The highest BCUT2D eigenvalue weighted by molar-refractivity contribution is 6.03. The Balaban J connectivity index is 1.37. The number of carbonyl (C=O) groups excluding carboxylic acids is 1. The number of amides is 1. The summed E-state index contributed by atoms with van der Waals surface area (Å²) in [5, 5.41) is 11.1. The van der Waals surface area contributed by atoms with Crippen LogP contribution in [-0.4, -0.2) is 57.2 Å². The topological polar surface area (TPSA) is 98.1 Å². The average molecular weight is 509 g/mol. The van der Waals surface area contributed by atoms with Crippen LogP contribution < -0.4 is 10.2 Å². The molecule has 4 heterocycles. The van der Waals surface area contributed by atoms with E-state index in [9.17, 15) is 18.0 Å². The van der Waals surface area contributed by atoms with Gasteiger partial charge in [0.2, 0.25) is 0 Å². The predicted molar refractivity (Wildman–Crippen MR) is 130 cm³/mol. The fraction of sp³-hybridized carbons (Fsp3) is 0.240. The van der Waals surface area contributed by atoms with Crippen LogP contribution in [0.2, 0.25) is 0 Å². The quantitative estimate of drug-likeness (QED) is 0.432. The van der Waals surface area contributed by atoms with Crippen molar-refractivity contribution in [2.24, 2.45) is 0 Å². The molecule has 1 fully saturated rings. The summed E-state index contributed by atoms with van der Waals surface area (Å²) in [6.45, 7) is 4.77. The third kappa shape index (κ3) is 5.43. The van der Waals surface area contributed by atoms with Gasteiger partial charge in [-0.05, 0) is 42.8 Å². The first kappa shape index (κ1) is 24.4. The lowest BCUT2D eigenvalue weighted by Crippen LogP contribution is -2.36. The number of morpholine rings is 1. The lowest BCUT2D eigenvalue weighted by atomic mass is 10.1. The molecule has 4 aromatic rings. The van der Waals surface area contributed by atoms with Gasteiger partial charge >= 0.3 is 6.18 Å². The normalized spacial score (nSPS) is 14.0. The van der Waals surface area contributed by atoms with Gasteiger partial charge in [0.05, 0.1) is 37.0 Å². The van der Waals surface area contributed by atoms with E-state index in [2.05, 4.69) is 30.5 Å². The van der Waals surface area contributed by atoms with Crippen molar-refractivity contribution in [3.8, 4) is 16.9 Å². The summed E-state index contributed by atoms with van der Waals surface area (Å²) in [4.78, 5) is 22.6. The number of alkyl halides is 3. The lowest BCUT2D eigenvalue weighted by molar-refractivity contribution is -0.141. The van der Waals surface area contributed by atoms with E-state index < -0.39 is 17.8 Å². The molecule has 0 aliphatic carbocycles. The first-order chi connectivity index (χ1) is 17.8. The maximum Gasteiger partial charge on any atom is 0.433 e. The van der Waals surface area contributed by atoms with Gasteiger partial charge in [-0.1, -0.05) is 17.3 Å². The van der Waals surface area contributed by atoms with Gasteiger partial charge in [-0.25, -0.2) is 9.67 Å². The number of aryl methyl sites for hydroxylation is 1. The van der Waals surface area contributed by atoms with Gasteiger partial charge in [0.1, 0.15) is 17.1 Å². The lowest BCUT2D eigenvalue weighted by Gasteiger charge is -2.28.